The van der Waals surface area contributed by atoms with Crippen LogP contribution in [-0.4, -0.2) is 17.1 Å². The Morgan fingerprint density at radius 2 is 1.95 bits per heavy atom. The number of ether oxygens (including phenoxy) is 1. The van der Waals surface area contributed by atoms with Gasteiger partial charge in [-0.3, -0.25) is 0 Å². The zero-order valence-electron chi connectivity index (χ0n) is 11.1. The van der Waals surface area contributed by atoms with Gasteiger partial charge in [-0.25, -0.2) is 9.97 Å². The molecular formula is C14H10ClN5O. The summed E-state index contributed by atoms with van der Waals surface area (Å²) in [6, 6.07) is 10.3. The summed E-state index contributed by atoms with van der Waals surface area (Å²) in [5, 5.41) is 21.2. The minimum absolute atomic E-state index is 0.242. The Kier molecular flexibility index (Phi) is 4.68. The third-order valence-corrected chi connectivity index (χ3v) is 2.74. The topological polar surface area (TPSA) is 94.6 Å². The lowest BCUT2D eigenvalue weighted by atomic mass is 10.1. The summed E-state index contributed by atoms with van der Waals surface area (Å²) in [6.07, 6.45) is 0. The second-order valence-corrected chi connectivity index (χ2v) is 4.42. The summed E-state index contributed by atoms with van der Waals surface area (Å²) >= 11 is 5.92. The van der Waals surface area contributed by atoms with Gasteiger partial charge in [0.2, 0.25) is 0 Å². The lowest BCUT2D eigenvalue weighted by Gasteiger charge is -2.08. The molecule has 1 heterocycles. The Bertz CT molecular complexity index is 748. The molecule has 0 aliphatic heterocycles. The molecule has 2 aromatic rings. The third-order valence-electron chi connectivity index (χ3n) is 2.55. The molecule has 1 aromatic carbocycles. The van der Waals surface area contributed by atoms with E-state index in [1.165, 1.54) is 7.11 Å². The molecule has 2 rings (SSSR count). The van der Waals surface area contributed by atoms with E-state index in [2.05, 4.69) is 15.3 Å². The highest BCUT2D eigenvalue weighted by molar-refractivity contribution is 6.29. The molecule has 0 spiro atoms. The van der Waals surface area contributed by atoms with E-state index in [0.29, 0.717) is 28.5 Å². The predicted molar refractivity (Wildman–Crippen MR) is 76.9 cm³/mol. The molecule has 0 atom stereocenters. The van der Waals surface area contributed by atoms with E-state index < -0.39 is 0 Å². The highest BCUT2D eigenvalue weighted by atomic mass is 35.5. The lowest BCUT2D eigenvalue weighted by molar-refractivity contribution is 0.178. The summed E-state index contributed by atoms with van der Waals surface area (Å²) in [4.78, 5) is 8.26. The van der Waals surface area contributed by atoms with E-state index in [1.54, 1.807) is 24.3 Å². The number of rotatable bonds is 4. The van der Waals surface area contributed by atoms with Crippen molar-refractivity contribution >= 4 is 23.1 Å². The second kappa shape index (κ2) is 6.67. The zero-order chi connectivity index (χ0) is 15.2. The number of nitriles is 2. The Morgan fingerprint density at radius 1 is 1.19 bits per heavy atom. The van der Waals surface area contributed by atoms with E-state index in [4.69, 9.17) is 26.9 Å². The number of nitrogens with one attached hydrogen (secondary N) is 1. The van der Waals surface area contributed by atoms with Gasteiger partial charge in [-0.2, -0.15) is 10.5 Å². The van der Waals surface area contributed by atoms with E-state index >= 15 is 0 Å². The van der Waals surface area contributed by atoms with Gasteiger partial charge in [0.05, 0.1) is 11.1 Å². The summed E-state index contributed by atoms with van der Waals surface area (Å²) in [7, 11) is 1.54. The molecule has 0 radical (unpaired) electrons. The van der Waals surface area contributed by atoms with Crippen molar-refractivity contribution in [3.63, 3.8) is 0 Å². The average molecular weight is 300 g/mol. The van der Waals surface area contributed by atoms with Crippen LogP contribution < -0.4 is 5.32 Å². The highest BCUT2D eigenvalue weighted by Crippen LogP contribution is 2.20. The maximum absolute atomic E-state index is 9.01. The van der Waals surface area contributed by atoms with Crippen molar-refractivity contribution in [1.82, 2.24) is 9.97 Å². The van der Waals surface area contributed by atoms with Crippen molar-refractivity contribution in [2.24, 2.45) is 0 Å². The van der Waals surface area contributed by atoms with Crippen molar-refractivity contribution in [2.75, 3.05) is 12.4 Å². The summed E-state index contributed by atoms with van der Waals surface area (Å²) in [6.45, 7) is 0.242. The largest absolute Gasteiger partial charge is 0.377 e. The minimum atomic E-state index is 0.242. The van der Waals surface area contributed by atoms with Gasteiger partial charge in [0.25, 0.3) is 0 Å². The number of aromatic nitrogens is 2. The van der Waals surface area contributed by atoms with Crippen LogP contribution in [0, 0.1) is 22.7 Å². The number of hydrogen-bond acceptors (Lipinski definition) is 6. The van der Waals surface area contributed by atoms with Crippen LogP contribution in [0.4, 0.5) is 11.5 Å². The van der Waals surface area contributed by atoms with Gasteiger partial charge < -0.3 is 10.1 Å². The van der Waals surface area contributed by atoms with Crippen molar-refractivity contribution in [1.29, 1.82) is 10.5 Å². The van der Waals surface area contributed by atoms with Gasteiger partial charge in [-0.1, -0.05) is 11.6 Å². The van der Waals surface area contributed by atoms with Crippen LogP contribution >= 0.6 is 11.6 Å². The van der Waals surface area contributed by atoms with E-state index in [9.17, 15) is 0 Å². The van der Waals surface area contributed by atoms with Crippen molar-refractivity contribution in [3.05, 3.63) is 46.4 Å². The number of benzene rings is 1. The molecule has 0 unspecified atom stereocenters. The van der Waals surface area contributed by atoms with Gasteiger partial charge in [-0.15, -0.1) is 0 Å². The van der Waals surface area contributed by atoms with Crippen molar-refractivity contribution in [3.8, 4) is 12.1 Å². The molecule has 7 heteroatoms. The molecule has 1 N–H and O–H groups in total. The molecule has 0 fully saturated rings. The van der Waals surface area contributed by atoms with Gasteiger partial charge in [0, 0.05) is 18.9 Å². The molecule has 0 aliphatic carbocycles. The number of halogens is 1. The summed E-state index contributed by atoms with van der Waals surface area (Å²) in [5.74, 6) is 0.928. The van der Waals surface area contributed by atoms with Crippen LogP contribution in [0.1, 0.15) is 17.0 Å². The Morgan fingerprint density at radius 3 is 2.62 bits per heavy atom. The normalized spacial score (nSPS) is 9.71. The Labute approximate surface area is 126 Å². The predicted octanol–water partition coefficient (Wildman–Crippen LogP) is 2.76. The maximum atomic E-state index is 9.01. The van der Waals surface area contributed by atoms with Gasteiger partial charge in [0.15, 0.2) is 5.82 Å². The summed E-state index contributed by atoms with van der Waals surface area (Å²) in [5.41, 5.74) is 1.24. The first-order valence-corrected chi connectivity index (χ1v) is 6.27. The Balaban J connectivity index is 2.30. The second-order valence-electron chi connectivity index (χ2n) is 4.03. The smallest absolute Gasteiger partial charge is 0.158 e. The average Bonchev–Trinajstić information content (AvgIpc) is 2.46. The third kappa shape index (κ3) is 3.67. The van der Waals surface area contributed by atoms with Crippen molar-refractivity contribution < 1.29 is 4.74 Å². The first-order valence-electron chi connectivity index (χ1n) is 5.90. The molecule has 0 saturated heterocycles. The van der Waals surface area contributed by atoms with Crippen LogP contribution in [-0.2, 0) is 11.3 Å². The van der Waals surface area contributed by atoms with Crippen LogP contribution in [0.3, 0.4) is 0 Å². The fourth-order valence-electron chi connectivity index (χ4n) is 1.68. The first-order chi connectivity index (χ1) is 10.2. The molecular weight excluding hydrogens is 290 g/mol. The number of nitrogens with zero attached hydrogens (tertiary/aromatic N) is 4. The van der Waals surface area contributed by atoms with E-state index in [0.717, 1.165) is 0 Å². The number of anilines is 2. The summed E-state index contributed by atoms with van der Waals surface area (Å²) < 4.78 is 4.96. The first kappa shape index (κ1) is 14.7. The Hall–Kier alpha value is -2.67. The molecule has 6 nitrogen and oxygen atoms in total. The van der Waals surface area contributed by atoms with E-state index in [1.807, 2.05) is 12.1 Å². The van der Waals surface area contributed by atoms with Gasteiger partial charge in [0.1, 0.15) is 29.7 Å². The molecule has 0 bridgehead atoms. The van der Waals surface area contributed by atoms with Gasteiger partial charge >= 0.3 is 0 Å². The fraction of sp³-hybridized carbons (Fsp3) is 0.143. The number of hydrogen-bond donors (Lipinski definition) is 1. The molecule has 1 aromatic heterocycles. The minimum Gasteiger partial charge on any atom is -0.377 e. The van der Waals surface area contributed by atoms with E-state index in [-0.39, 0.29) is 11.8 Å². The van der Waals surface area contributed by atoms with Crippen LogP contribution in [0.15, 0.2) is 24.3 Å². The van der Waals surface area contributed by atoms with Crippen LogP contribution in [0.5, 0.6) is 0 Å². The van der Waals surface area contributed by atoms with Crippen molar-refractivity contribution in [2.45, 2.75) is 6.61 Å². The molecule has 21 heavy (non-hydrogen) atoms. The lowest BCUT2D eigenvalue weighted by Crippen LogP contribution is -2.02. The fourth-order valence-corrected chi connectivity index (χ4v) is 1.88. The SMILES string of the molecule is COCc1nc(Cl)cc(Nc2ccc(C#N)c(C#N)c2)n1. The van der Waals surface area contributed by atoms with Gasteiger partial charge in [-0.05, 0) is 18.2 Å². The monoisotopic (exact) mass is 299 g/mol. The molecule has 0 saturated carbocycles. The molecule has 0 amide bonds. The maximum Gasteiger partial charge on any atom is 0.158 e. The highest BCUT2D eigenvalue weighted by Gasteiger charge is 2.06. The standard InChI is InChI=1S/C14H10ClN5O/c1-21-8-14-19-12(15)5-13(20-14)18-11-3-2-9(6-16)10(4-11)7-17/h2-5H,8H2,1H3,(H,18,19,20). The number of methoxy groups -OCH3 is 1. The zero-order valence-corrected chi connectivity index (χ0v) is 11.8. The molecule has 0 aliphatic rings. The quantitative estimate of drug-likeness (QED) is 0.872. The molecule has 104 valence electrons. The van der Waals surface area contributed by atoms with Crippen LogP contribution in [0.2, 0.25) is 5.15 Å². The van der Waals surface area contributed by atoms with Crippen LogP contribution in [0.25, 0.3) is 0 Å².